The fourth-order valence-corrected chi connectivity index (χ4v) is 13.1. The molecule has 0 radical (unpaired) electrons. The number of nitrogens with zero attached hydrogens (tertiary/aromatic N) is 2. The zero-order chi connectivity index (χ0) is 47.7. The quantitative estimate of drug-likeness (QED) is 0.135. The lowest BCUT2D eigenvalue weighted by atomic mass is 9.31. The summed E-state index contributed by atoms with van der Waals surface area (Å²) in [6, 6.07) is 70.1. The van der Waals surface area contributed by atoms with Gasteiger partial charge < -0.3 is 9.13 Å². The molecule has 0 saturated heterocycles. The van der Waals surface area contributed by atoms with E-state index in [-0.39, 0.29) is 13.4 Å². The minimum absolute atomic E-state index is 0.00685. The third-order valence-corrected chi connectivity index (χ3v) is 16.2. The molecule has 2 aromatic heterocycles. The first-order valence-electron chi connectivity index (χ1n) is 25.8. The Morgan fingerprint density at radius 1 is 0.300 bits per heavy atom. The van der Waals surface area contributed by atoms with Crippen LogP contribution in [0.3, 0.4) is 0 Å². The molecule has 0 aliphatic carbocycles. The zero-order valence-corrected chi connectivity index (χ0v) is 41.7. The lowest BCUT2D eigenvalue weighted by Gasteiger charge is -2.35. The van der Waals surface area contributed by atoms with Crippen LogP contribution in [0.5, 0.6) is 0 Å². The van der Waals surface area contributed by atoms with Gasteiger partial charge in [-0.1, -0.05) is 224 Å². The van der Waals surface area contributed by atoms with E-state index in [4.69, 9.17) is 0 Å². The highest BCUT2D eigenvalue weighted by atomic mass is 15.0. The summed E-state index contributed by atoms with van der Waals surface area (Å²) in [6.45, 7) is 19.1. The first kappa shape index (κ1) is 42.8. The first-order valence-corrected chi connectivity index (χ1v) is 25.8. The van der Waals surface area contributed by atoms with Crippen molar-refractivity contribution in [3.05, 3.63) is 204 Å². The molecule has 4 heteroatoms. The van der Waals surface area contributed by atoms with Gasteiger partial charge in [0.1, 0.15) is 0 Å². The van der Waals surface area contributed by atoms with E-state index < -0.39 is 0 Å². The fourth-order valence-electron chi connectivity index (χ4n) is 13.1. The number of hydrogen-bond donors (Lipinski definition) is 0. The van der Waals surface area contributed by atoms with Gasteiger partial charge >= 0.3 is 0 Å². The van der Waals surface area contributed by atoms with Gasteiger partial charge in [0.2, 0.25) is 13.4 Å². The van der Waals surface area contributed by atoms with Gasteiger partial charge in [0.15, 0.2) is 0 Å². The van der Waals surface area contributed by atoms with Crippen molar-refractivity contribution in [3.8, 4) is 33.6 Å². The van der Waals surface area contributed by atoms with E-state index in [1.165, 1.54) is 132 Å². The van der Waals surface area contributed by atoms with Crippen LogP contribution in [0.1, 0.15) is 101 Å². The van der Waals surface area contributed by atoms with Crippen molar-refractivity contribution < 1.29 is 0 Å². The molecule has 4 heterocycles. The van der Waals surface area contributed by atoms with Crippen LogP contribution in [0.2, 0.25) is 0 Å². The number of fused-ring (bicyclic) bond motifs is 10. The fraction of sp³-hybridized carbons (Fsp3) is 0.182. The molecular formula is C66H58B2N2. The van der Waals surface area contributed by atoms with E-state index in [1.807, 2.05) is 0 Å². The van der Waals surface area contributed by atoms with Gasteiger partial charge in [0, 0.05) is 44.0 Å². The summed E-state index contributed by atoms with van der Waals surface area (Å²) in [5.41, 5.74) is 26.8. The van der Waals surface area contributed by atoms with Gasteiger partial charge in [-0.25, -0.2) is 0 Å². The molecule has 0 saturated carbocycles. The first-order chi connectivity index (χ1) is 34.1. The molecule has 0 atom stereocenters. The Labute approximate surface area is 413 Å². The minimum atomic E-state index is 0.00685. The number of benzene rings is 9. The summed E-state index contributed by atoms with van der Waals surface area (Å²) in [5.74, 6) is 1.38. The third-order valence-electron chi connectivity index (χ3n) is 16.2. The Bertz CT molecular complexity index is 3600. The van der Waals surface area contributed by atoms with Crippen molar-refractivity contribution in [1.82, 2.24) is 9.13 Å². The van der Waals surface area contributed by atoms with Crippen molar-refractivity contribution in [3.63, 3.8) is 0 Å². The van der Waals surface area contributed by atoms with Crippen LogP contribution < -0.4 is 32.8 Å². The Morgan fingerprint density at radius 3 is 1.01 bits per heavy atom. The largest absolute Gasteiger partial charge is 0.310 e. The van der Waals surface area contributed by atoms with E-state index in [0.29, 0.717) is 23.7 Å². The van der Waals surface area contributed by atoms with Crippen LogP contribution in [0, 0.1) is 0 Å². The Balaban J connectivity index is 1.23. The van der Waals surface area contributed by atoms with Crippen molar-refractivity contribution in [1.29, 1.82) is 0 Å². The van der Waals surface area contributed by atoms with E-state index in [1.54, 1.807) is 0 Å². The summed E-state index contributed by atoms with van der Waals surface area (Å²) in [6.07, 6.45) is 0. The predicted octanol–water partition coefficient (Wildman–Crippen LogP) is 13.4. The SMILES string of the molecule is CC(C)c1cccc(C(C)C)c1B1c2cc3c(cc2-n2c4cc(-c5ccccc5)ccc4c4cccc1c42)B(c1c(C(C)C)cccc1C(C)C)c1cccc2c4ccc(-c5ccccc5)cc4n-3c12. The molecule has 0 unspecified atom stereocenters. The molecular weight excluding hydrogens is 842 g/mol. The Hall–Kier alpha value is -7.29. The van der Waals surface area contributed by atoms with E-state index in [0.717, 1.165) is 0 Å². The third kappa shape index (κ3) is 6.21. The number of hydrogen-bond acceptors (Lipinski definition) is 0. The lowest BCUT2D eigenvalue weighted by Crippen LogP contribution is -2.61. The molecule has 0 spiro atoms. The van der Waals surface area contributed by atoms with Gasteiger partial charge in [-0.05, 0) is 114 Å². The van der Waals surface area contributed by atoms with Crippen LogP contribution in [0.4, 0.5) is 0 Å². The van der Waals surface area contributed by atoms with E-state index in [2.05, 4.69) is 247 Å². The maximum atomic E-state index is 2.68. The summed E-state index contributed by atoms with van der Waals surface area (Å²) < 4.78 is 5.36. The second kappa shape index (κ2) is 16.1. The smallest absolute Gasteiger partial charge is 0.247 e. The summed E-state index contributed by atoms with van der Waals surface area (Å²) in [7, 11) is 0. The maximum Gasteiger partial charge on any atom is 0.247 e. The second-order valence-electron chi connectivity index (χ2n) is 21.5. The predicted molar refractivity (Wildman–Crippen MR) is 305 cm³/mol. The average Bonchev–Trinajstić information content (AvgIpc) is 3.90. The minimum Gasteiger partial charge on any atom is -0.310 e. The normalized spacial score (nSPS) is 13.0. The van der Waals surface area contributed by atoms with Gasteiger partial charge in [-0.2, -0.15) is 0 Å². The molecule has 0 fully saturated rings. The van der Waals surface area contributed by atoms with Gasteiger partial charge in [0.25, 0.3) is 0 Å². The molecule has 0 bridgehead atoms. The van der Waals surface area contributed by atoms with E-state index in [9.17, 15) is 0 Å². The van der Waals surface area contributed by atoms with Crippen molar-refractivity contribution in [2.45, 2.75) is 79.1 Å². The van der Waals surface area contributed by atoms with Crippen molar-refractivity contribution in [2.75, 3.05) is 0 Å². The van der Waals surface area contributed by atoms with Crippen LogP contribution in [-0.4, -0.2) is 22.6 Å². The molecule has 70 heavy (non-hydrogen) atoms. The summed E-state index contributed by atoms with van der Waals surface area (Å²) in [4.78, 5) is 0. The lowest BCUT2D eigenvalue weighted by molar-refractivity contribution is 0.845. The molecule has 2 nitrogen and oxygen atoms in total. The monoisotopic (exact) mass is 900 g/mol. The highest BCUT2D eigenvalue weighted by molar-refractivity contribution is 7.00. The van der Waals surface area contributed by atoms with Gasteiger partial charge in [-0.15, -0.1) is 0 Å². The van der Waals surface area contributed by atoms with Crippen molar-refractivity contribution >= 4 is 89.8 Å². The Kier molecular flexibility index (Phi) is 9.86. The van der Waals surface area contributed by atoms with Gasteiger partial charge in [-0.3, -0.25) is 0 Å². The van der Waals surface area contributed by atoms with Crippen LogP contribution >= 0.6 is 0 Å². The molecule has 2 aliphatic heterocycles. The number of aromatic nitrogens is 2. The molecule has 11 aromatic rings. The molecule has 0 amide bonds. The second-order valence-corrected chi connectivity index (χ2v) is 21.5. The molecule has 9 aromatic carbocycles. The number of para-hydroxylation sites is 2. The molecule has 13 rings (SSSR count). The summed E-state index contributed by atoms with van der Waals surface area (Å²) >= 11 is 0. The highest BCUT2D eigenvalue weighted by Gasteiger charge is 2.42. The van der Waals surface area contributed by atoms with Crippen LogP contribution in [0.25, 0.3) is 77.2 Å². The van der Waals surface area contributed by atoms with Crippen LogP contribution in [0.15, 0.2) is 182 Å². The number of rotatable bonds is 8. The highest BCUT2D eigenvalue weighted by Crippen LogP contribution is 2.40. The standard InChI is InChI=1S/C66H58B2N2/c1-39(2)47-23-15-24-48(40(3)4)63(47)67-55-29-17-27-53-51-33-31-45(43-19-11-9-12-20-43)35-59(51)69(65(53)55)61-38-58-62(37-57(61)67)70-60-36-46(44-21-13-10-14-22-44)32-34-52(60)54-28-18-30-56(66(54)70)68(58)64-49(41(5)6)25-16-26-50(64)42(7)8/h9-42H,1-8H3. The topological polar surface area (TPSA) is 9.86 Å². The average molecular weight is 901 g/mol. The molecule has 2 aliphatic rings. The van der Waals surface area contributed by atoms with Crippen LogP contribution in [-0.2, 0) is 0 Å². The van der Waals surface area contributed by atoms with Crippen molar-refractivity contribution in [2.24, 2.45) is 0 Å². The summed E-state index contributed by atoms with van der Waals surface area (Å²) in [5, 5.41) is 5.22. The van der Waals surface area contributed by atoms with E-state index >= 15 is 0 Å². The molecule has 0 N–H and O–H groups in total. The Morgan fingerprint density at radius 2 is 0.657 bits per heavy atom. The zero-order valence-electron chi connectivity index (χ0n) is 41.7. The maximum absolute atomic E-state index is 2.68. The van der Waals surface area contributed by atoms with Gasteiger partial charge in [0.05, 0.1) is 11.0 Å². The molecule has 338 valence electrons.